The number of rotatable bonds is 4. The van der Waals surface area contributed by atoms with Crippen LogP contribution in [0.15, 0.2) is 27.7 Å². The van der Waals surface area contributed by atoms with Gasteiger partial charge in [0.25, 0.3) is 0 Å². The summed E-state index contributed by atoms with van der Waals surface area (Å²) >= 11 is 2.94. The van der Waals surface area contributed by atoms with Gasteiger partial charge in [-0.3, -0.25) is 4.79 Å². The first-order chi connectivity index (χ1) is 7.25. The molecule has 0 radical (unpaired) electrons. The number of hydrogen-bond acceptors (Lipinski definition) is 4. The first-order valence-electron chi connectivity index (χ1n) is 4.69. The molecular weight excluding hydrogens is 228 g/mol. The Morgan fingerprint density at radius 3 is 3.00 bits per heavy atom. The zero-order valence-corrected chi connectivity index (χ0v) is 9.95. The van der Waals surface area contributed by atoms with E-state index in [1.807, 2.05) is 11.4 Å². The Hall–Kier alpha value is -0.910. The lowest BCUT2D eigenvalue weighted by atomic mass is 10.2. The van der Waals surface area contributed by atoms with E-state index in [9.17, 15) is 4.79 Å². The zero-order chi connectivity index (χ0) is 10.7. The van der Waals surface area contributed by atoms with E-state index in [-0.39, 0.29) is 4.87 Å². The molecule has 2 rings (SSSR count). The maximum atomic E-state index is 10.9. The summed E-state index contributed by atoms with van der Waals surface area (Å²) < 4.78 is 0. The number of hydrogen-bond donors (Lipinski definition) is 2. The van der Waals surface area contributed by atoms with Crippen LogP contribution in [0, 0.1) is 0 Å². The molecule has 0 aromatic carbocycles. The number of nitrogens with one attached hydrogen (secondary N) is 2. The lowest BCUT2D eigenvalue weighted by Gasteiger charge is -2.10. The maximum Gasteiger partial charge on any atom is 0.304 e. The van der Waals surface area contributed by atoms with Gasteiger partial charge in [0.2, 0.25) is 0 Å². The molecule has 3 nitrogen and oxygen atoms in total. The maximum absolute atomic E-state index is 10.9. The average Bonchev–Trinajstić information content (AvgIpc) is 2.84. The molecule has 0 saturated heterocycles. The highest BCUT2D eigenvalue weighted by Crippen LogP contribution is 2.18. The van der Waals surface area contributed by atoms with Crippen molar-refractivity contribution in [2.75, 3.05) is 0 Å². The van der Waals surface area contributed by atoms with Gasteiger partial charge in [-0.2, -0.15) is 0 Å². The van der Waals surface area contributed by atoms with Crippen molar-refractivity contribution in [3.05, 3.63) is 43.1 Å². The lowest BCUT2D eigenvalue weighted by molar-refractivity contribution is 0.576. The van der Waals surface area contributed by atoms with E-state index in [1.165, 1.54) is 16.2 Å². The fourth-order valence-electron chi connectivity index (χ4n) is 1.30. The van der Waals surface area contributed by atoms with Crippen LogP contribution < -0.4 is 10.2 Å². The van der Waals surface area contributed by atoms with E-state index in [0.29, 0.717) is 12.6 Å². The molecular formula is C10H12N2OS2. The molecule has 0 spiro atoms. The van der Waals surface area contributed by atoms with Gasteiger partial charge in [0.05, 0.1) is 0 Å². The molecule has 0 aliphatic carbocycles. The second kappa shape index (κ2) is 4.74. The highest BCUT2D eigenvalue weighted by molar-refractivity contribution is 7.10. The summed E-state index contributed by atoms with van der Waals surface area (Å²) in [6, 6.07) is 4.48. The molecule has 1 atom stereocenters. The van der Waals surface area contributed by atoms with Crippen LogP contribution in [-0.2, 0) is 6.54 Å². The largest absolute Gasteiger partial charge is 0.315 e. The van der Waals surface area contributed by atoms with Gasteiger partial charge in [-0.25, -0.2) is 0 Å². The van der Waals surface area contributed by atoms with E-state index in [1.54, 1.807) is 11.3 Å². The molecule has 5 heteroatoms. The monoisotopic (exact) mass is 240 g/mol. The molecule has 0 saturated carbocycles. The topological polar surface area (TPSA) is 44.9 Å². The number of thiophene rings is 1. The van der Waals surface area contributed by atoms with Gasteiger partial charge < -0.3 is 10.3 Å². The van der Waals surface area contributed by atoms with Crippen molar-refractivity contribution in [1.82, 2.24) is 10.3 Å². The molecule has 0 aliphatic rings. The quantitative estimate of drug-likeness (QED) is 0.861. The third-order valence-electron chi connectivity index (χ3n) is 2.14. The molecule has 2 aromatic heterocycles. The molecule has 2 aromatic rings. The van der Waals surface area contributed by atoms with Gasteiger partial charge >= 0.3 is 4.87 Å². The Morgan fingerprint density at radius 2 is 2.40 bits per heavy atom. The summed E-state index contributed by atoms with van der Waals surface area (Å²) in [7, 11) is 0. The molecule has 2 heterocycles. The van der Waals surface area contributed by atoms with Crippen LogP contribution in [0.4, 0.5) is 0 Å². The Morgan fingerprint density at radius 1 is 1.53 bits per heavy atom. The van der Waals surface area contributed by atoms with Crippen LogP contribution >= 0.6 is 22.7 Å². The summed E-state index contributed by atoms with van der Waals surface area (Å²) in [6.07, 6.45) is 0. The smallest absolute Gasteiger partial charge is 0.304 e. The van der Waals surface area contributed by atoms with Crippen LogP contribution in [0.1, 0.15) is 23.5 Å². The van der Waals surface area contributed by atoms with Crippen molar-refractivity contribution in [3.63, 3.8) is 0 Å². The van der Waals surface area contributed by atoms with Gasteiger partial charge in [-0.1, -0.05) is 17.4 Å². The van der Waals surface area contributed by atoms with Crippen LogP contribution in [0.25, 0.3) is 0 Å². The van der Waals surface area contributed by atoms with Gasteiger partial charge in [-0.15, -0.1) is 11.3 Å². The summed E-state index contributed by atoms with van der Waals surface area (Å²) in [5.74, 6) is 0. The van der Waals surface area contributed by atoms with Crippen molar-refractivity contribution in [3.8, 4) is 0 Å². The number of aromatic amines is 1. The third-order valence-corrected chi connectivity index (χ3v) is 3.91. The average molecular weight is 240 g/mol. The van der Waals surface area contributed by atoms with Crippen molar-refractivity contribution in [2.24, 2.45) is 0 Å². The molecule has 80 valence electrons. The Labute approximate surface area is 95.8 Å². The minimum Gasteiger partial charge on any atom is -0.315 e. The predicted octanol–water partition coefficient (Wildman–Crippen LogP) is 2.35. The van der Waals surface area contributed by atoms with Crippen molar-refractivity contribution >= 4 is 22.7 Å². The third kappa shape index (κ3) is 2.77. The molecule has 15 heavy (non-hydrogen) atoms. The Bertz CT molecular complexity index is 458. The van der Waals surface area contributed by atoms with Crippen LogP contribution in [-0.4, -0.2) is 4.98 Å². The second-order valence-electron chi connectivity index (χ2n) is 3.29. The van der Waals surface area contributed by atoms with Crippen molar-refractivity contribution in [2.45, 2.75) is 19.5 Å². The minimum absolute atomic E-state index is 0.00979. The highest BCUT2D eigenvalue weighted by Gasteiger charge is 2.05. The summed E-state index contributed by atoms with van der Waals surface area (Å²) in [4.78, 5) is 15.0. The van der Waals surface area contributed by atoms with Gasteiger partial charge in [-0.05, 0) is 18.4 Å². The van der Waals surface area contributed by atoms with Crippen LogP contribution in [0.3, 0.4) is 0 Å². The number of aromatic nitrogens is 1. The van der Waals surface area contributed by atoms with E-state index in [2.05, 4.69) is 28.7 Å². The van der Waals surface area contributed by atoms with E-state index >= 15 is 0 Å². The standard InChI is InChI=1S/C10H12N2OS2/c1-7(9-3-2-4-14-9)11-5-8-6-15-10(13)12-8/h2-4,6-7,11H,5H2,1H3,(H,12,13). The summed E-state index contributed by atoms with van der Waals surface area (Å²) in [5, 5.41) is 7.29. The van der Waals surface area contributed by atoms with Crippen molar-refractivity contribution < 1.29 is 0 Å². The number of H-pyrrole nitrogens is 1. The predicted molar refractivity (Wildman–Crippen MR) is 64.5 cm³/mol. The van der Waals surface area contributed by atoms with E-state index in [4.69, 9.17) is 0 Å². The minimum atomic E-state index is 0.00979. The van der Waals surface area contributed by atoms with Gasteiger partial charge in [0.1, 0.15) is 0 Å². The SMILES string of the molecule is CC(NCc1csc(=O)[nH]1)c1cccs1. The van der Waals surface area contributed by atoms with Crippen LogP contribution in [0.2, 0.25) is 0 Å². The van der Waals surface area contributed by atoms with Gasteiger partial charge in [0, 0.05) is 28.5 Å². The molecule has 0 amide bonds. The fourth-order valence-corrected chi connectivity index (χ4v) is 2.64. The fraction of sp³-hybridized carbons (Fsp3) is 0.300. The highest BCUT2D eigenvalue weighted by atomic mass is 32.1. The summed E-state index contributed by atoms with van der Waals surface area (Å²) in [5.41, 5.74) is 0.952. The Kier molecular flexibility index (Phi) is 3.35. The zero-order valence-electron chi connectivity index (χ0n) is 8.32. The van der Waals surface area contributed by atoms with E-state index in [0.717, 1.165) is 5.69 Å². The number of thiazole rings is 1. The molecule has 0 fully saturated rings. The van der Waals surface area contributed by atoms with Gasteiger partial charge in [0.15, 0.2) is 0 Å². The Balaban J connectivity index is 1.91. The molecule has 0 aliphatic heterocycles. The van der Waals surface area contributed by atoms with E-state index < -0.39 is 0 Å². The first kappa shape index (κ1) is 10.6. The molecule has 2 N–H and O–H groups in total. The molecule has 0 bridgehead atoms. The first-order valence-corrected chi connectivity index (χ1v) is 6.45. The second-order valence-corrected chi connectivity index (χ2v) is 5.11. The normalized spacial score (nSPS) is 12.9. The molecule has 1 unspecified atom stereocenters. The van der Waals surface area contributed by atoms with Crippen LogP contribution in [0.5, 0.6) is 0 Å². The van der Waals surface area contributed by atoms with Crippen molar-refractivity contribution in [1.29, 1.82) is 0 Å². The summed E-state index contributed by atoms with van der Waals surface area (Å²) in [6.45, 7) is 2.83. The lowest BCUT2D eigenvalue weighted by Crippen LogP contribution is -2.17.